The van der Waals surface area contributed by atoms with Gasteiger partial charge in [0.2, 0.25) is 11.8 Å². The molecular weight excluding hydrogens is 414 g/mol. The third kappa shape index (κ3) is 5.36. The molecule has 4 aromatic rings. The van der Waals surface area contributed by atoms with E-state index in [0.29, 0.717) is 29.4 Å². The minimum atomic E-state index is -0.158. The number of hydrogen-bond donors (Lipinski definition) is 2. The Morgan fingerprint density at radius 3 is 2.06 bits per heavy atom. The Morgan fingerprint density at radius 1 is 0.818 bits per heavy atom. The summed E-state index contributed by atoms with van der Waals surface area (Å²) in [6.07, 6.45) is 0.579. The molecule has 6 nitrogen and oxygen atoms in total. The lowest BCUT2D eigenvalue weighted by Crippen LogP contribution is -2.14. The Hall–Kier alpha value is -4.19. The number of nitrogens with zero attached hydrogens (tertiary/aromatic N) is 1. The molecule has 33 heavy (non-hydrogen) atoms. The first-order chi connectivity index (χ1) is 16.0. The number of aromatic nitrogens is 1. The maximum absolute atomic E-state index is 12.6. The summed E-state index contributed by atoms with van der Waals surface area (Å²) >= 11 is 0. The molecule has 0 saturated carbocycles. The van der Waals surface area contributed by atoms with E-state index in [2.05, 4.69) is 10.6 Å². The van der Waals surface area contributed by atoms with E-state index >= 15 is 0 Å². The molecule has 0 atom stereocenters. The van der Waals surface area contributed by atoms with Gasteiger partial charge in [-0.25, -0.2) is 4.98 Å². The molecule has 0 aliphatic rings. The van der Waals surface area contributed by atoms with Crippen molar-refractivity contribution < 1.29 is 14.0 Å². The van der Waals surface area contributed by atoms with Gasteiger partial charge in [-0.05, 0) is 24.6 Å². The molecule has 3 aromatic carbocycles. The smallest absolute Gasteiger partial charge is 0.224 e. The van der Waals surface area contributed by atoms with Gasteiger partial charge in [0.05, 0.1) is 0 Å². The number of oxazole rings is 1. The van der Waals surface area contributed by atoms with Crippen LogP contribution in [0.25, 0.3) is 22.6 Å². The molecule has 2 amide bonds. The summed E-state index contributed by atoms with van der Waals surface area (Å²) in [5.74, 6) is 0.885. The van der Waals surface area contributed by atoms with Gasteiger partial charge in [-0.15, -0.1) is 0 Å². The Labute approximate surface area is 192 Å². The van der Waals surface area contributed by atoms with Crippen LogP contribution in [0.1, 0.15) is 24.8 Å². The van der Waals surface area contributed by atoms with Crippen molar-refractivity contribution in [2.24, 2.45) is 0 Å². The van der Waals surface area contributed by atoms with Crippen LogP contribution < -0.4 is 10.6 Å². The summed E-state index contributed by atoms with van der Waals surface area (Å²) in [6, 6.07) is 25.1. The maximum Gasteiger partial charge on any atom is 0.224 e. The largest absolute Gasteiger partial charge is 0.440 e. The number of benzene rings is 3. The molecular formula is C27H25N3O3. The van der Waals surface area contributed by atoms with E-state index in [9.17, 15) is 9.59 Å². The zero-order valence-electron chi connectivity index (χ0n) is 18.6. The van der Waals surface area contributed by atoms with Crippen LogP contribution in [-0.4, -0.2) is 16.8 Å². The van der Waals surface area contributed by atoms with Crippen molar-refractivity contribution in [1.82, 2.24) is 4.98 Å². The molecule has 6 heteroatoms. The molecule has 166 valence electrons. The Kier molecular flexibility index (Phi) is 6.64. The normalized spacial score (nSPS) is 10.6. The van der Waals surface area contributed by atoms with Gasteiger partial charge in [0.25, 0.3) is 0 Å². The number of hydrogen-bond acceptors (Lipinski definition) is 4. The van der Waals surface area contributed by atoms with Gasteiger partial charge in [0.15, 0.2) is 11.7 Å². The highest BCUT2D eigenvalue weighted by Gasteiger charge is 2.18. The minimum Gasteiger partial charge on any atom is -0.440 e. The van der Waals surface area contributed by atoms with Crippen LogP contribution in [0.2, 0.25) is 0 Å². The highest BCUT2D eigenvalue weighted by atomic mass is 16.4. The van der Waals surface area contributed by atoms with E-state index in [-0.39, 0.29) is 18.2 Å². The van der Waals surface area contributed by atoms with E-state index in [0.717, 1.165) is 22.4 Å². The van der Waals surface area contributed by atoms with Gasteiger partial charge in [0.1, 0.15) is 5.69 Å². The van der Waals surface area contributed by atoms with Crippen molar-refractivity contribution in [3.8, 4) is 22.6 Å². The Bertz CT molecular complexity index is 1210. The van der Waals surface area contributed by atoms with Gasteiger partial charge in [-0.2, -0.15) is 0 Å². The first kappa shape index (κ1) is 22.0. The Balaban J connectivity index is 1.50. The van der Waals surface area contributed by atoms with E-state index in [1.54, 1.807) is 12.1 Å². The SMILES string of the molecule is CC(=O)Nc1cccc(NC(=O)CCc2nc(-c3ccccc3)c(-c3ccccc3)o2)c1C. The highest BCUT2D eigenvalue weighted by Crippen LogP contribution is 2.33. The summed E-state index contributed by atoms with van der Waals surface area (Å²) in [5.41, 5.74) is 4.79. The molecule has 1 aromatic heterocycles. The third-order valence-electron chi connectivity index (χ3n) is 5.24. The van der Waals surface area contributed by atoms with Gasteiger partial charge in [-0.3, -0.25) is 9.59 Å². The van der Waals surface area contributed by atoms with Crippen LogP contribution in [-0.2, 0) is 16.0 Å². The van der Waals surface area contributed by atoms with Crippen molar-refractivity contribution >= 4 is 23.2 Å². The molecule has 1 heterocycles. The summed E-state index contributed by atoms with van der Waals surface area (Å²) in [5, 5.41) is 5.69. The van der Waals surface area contributed by atoms with Gasteiger partial charge in [-0.1, -0.05) is 66.7 Å². The van der Waals surface area contributed by atoms with Crippen LogP contribution >= 0.6 is 0 Å². The average Bonchev–Trinajstić information content (AvgIpc) is 3.26. The second kappa shape index (κ2) is 9.96. The summed E-state index contributed by atoms with van der Waals surface area (Å²) in [7, 11) is 0. The number of carbonyl (C=O) groups is 2. The molecule has 4 rings (SSSR count). The van der Waals surface area contributed by atoms with Gasteiger partial charge < -0.3 is 15.1 Å². The summed E-state index contributed by atoms with van der Waals surface area (Å²) < 4.78 is 6.10. The van der Waals surface area contributed by atoms with Crippen LogP contribution in [0.5, 0.6) is 0 Å². The Morgan fingerprint density at radius 2 is 1.42 bits per heavy atom. The molecule has 0 spiro atoms. The van der Waals surface area contributed by atoms with Crippen LogP contribution in [0.4, 0.5) is 11.4 Å². The topological polar surface area (TPSA) is 84.2 Å². The molecule has 0 fully saturated rings. The number of anilines is 2. The average molecular weight is 440 g/mol. The molecule has 2 N–H and O–H groups in total. The fourth-order valence-corrected chi connectivity index (χ4v) is 3.58. The van der Waals surface area contributed by atoms with Crippen molar-refractivity contribution in [3.63, 3.8) is 0 Å². The maximum atomic E-state index is 12.6. The quantitative estimate of drug-likeness (QED) is 0.378. The first-order valence-electron chi connectivity index (χ1n) is 10.8. The lowest BCUT2D eigenvalue weighted by molar-refractivity contribution is -0.116. The van der Waals surface area contributed by atoms with Crippen molar-refractivity contribution in [2.45, 2.75) is 26.7 Å². The van der Waals surface area contributed by atoms with Gasteiger partial charge in [0, 0.05) is 42.3 Å². The molecule has 0 aliphatic heterocycles. The summed E-state index contributed by atoms with van der Waals surface area (Å²) in [6.45, 7) is 3.31. The number of amides is 2. The lowest BCUT2D eigenvalue weighted by atomic mass is 10.1. The number of nitrogens with one attached hydrogen (secondary N) is 2. The second-order valence-corrected chi connectivity index (χ2v) is 7.72. The van der Waals surface area contributed by atoms with Crippen LogP contribution in [0.3, 0.4) is 0 Å². The van der Waals surface area contributed by atoms with E-state index in [1.165, 1.54) is 6.92 Å². The zero-order valence-corrected chi connectivity index (χ0v) is 18.6. The summed E-state index contributed by atoms with van der Waals surface area (Å²) in [4.78, 5) is 28.7. The number of rotatable bonds is 7. The van der Waals surface area contributed by atoms with E-state index in [4.69, 9.17) is 9.40 Å². The van der Waals surface area contributed by atoms with E-state index in [1.807, 2.05) is 73.7 Å². The third-order valence-corrected chi connectivity index (χ3v) is 5.24. The molecule has 0 unspecified atom stereocenters. The van der Waals surface area contributed by atoms with Crippen molar-refractivity contribution in [2.75, 3.05) is 10.6 Å². The molecule has 0 aliphatic carbocycles. The highest BCUT2D eigenvalue weighted by molar-refractivity contribution is 5.95. The van der Waals surface area contributed by atoms with Gasteiger partial charge >= 0.3 is 0 Å². The van der Waals surface area contributed by atoms with Crippen LogP contribution in [0.15, 0.2) is 83.3 Å². The fraction of sp³-hybridized carbons (Fsp3) is 0.148. The number of aryl methyl sites for hydroxylation is 1. The predicted octanol–water partition coefficient (Wildman–Crippen LogP) is 5.85. The lowest BCUT2D eigenvalue weighted by Gasteiger charge is -2.12. The number of carbonyl (C=O) groups excluding carboxylic acids is 2. The van der Waals surface area contributed by atoms with E-state index < -0.39 is 0 Å². The predicted molar refractivity (Wildman–Crippen MR) is 130 cm³/mol. The molecule has 0 bridgehead atoms. The monoisotopic (exact) mass is 439 g/mol. The van der Waals surface area contributed by atoms with Crippen molar-refractivity contribution in [1.29, 1.82) is 0 Å². The molecule has 0 saturated heterocycles. The fourth-order valence-electron chi connectivity index (χ4n) is 3.58. The van der Waals surface area contributed by atoms with Crippen molar-refractivity contribution in [3.05, 3.63) is 90.3 Å². The van der Waals surface area contributed by atoms with Crippen LogP contribution in [0, 0.1) is 6.92 Å². The first-order valence-corrected chi connectivity index (χ1v) is 10.8. The molecule has 0 radical (unpaired) electrons. The minimum absolute atomic E-state index is 0.154. The standard InChI is InChI=1S/C27H25N3O3/c1-18-22(28-19(2)31)14-9-15-23(18)29-24(32)16-17-25-30-26(20-10-5-3-6-11-20)27(33-25)21-12-7-4-8-13-21/h3-15H,16-17H2,1-2H3,(H,28,31)(H,29,32). The second-order valence-electron chi connectivity index (χ2n) is 7.72. The zero-order chi connectivity index (χ0) is 23.2.